The van der Waals surface area contributed by atoms with Gasteiger partial charge in [-0.2, -0.15) is 0 Å². The summed E-state index contributed by atoms with van der Waals surface area (Å²) in [4.78, 5) is 20.3. The van der Waals surface area contributed by atoms with Crippen LogP contribution in [-0.2, 0) is 4.74 Å². The van der Waals surface area contributed by atoms with Crippen molar-refractivity contribution >= 4 is 22.8 Å². The number of hydrogen-bond donors (Lipinski definition) is 2. The smallest absolute Gasteiger partial charge is 0.407 e. The number of anilines is 1. The number of ether oxygens (including phenoxy) is 1. The lowest BCUT2D eigenvalue weighted by atomic mass is 10.0. The fraction of sp³-hybridized carbons (Fsp3) is 0.500. The lowest BCUT2D eigenvalue weighted by molar-refractivity contribution is 0.0494. The first kappa shape index (κ1) is 18.9. The van der Waals surface area contributed by atoms with Gasteiger partial charge in [-0.25, -0.2) is 19.2 Å². The maximum atomic E-state index is 13.5. The van der Waals surface area contributed by atoms with E-state index in [4.69, 9.17) is 4.74 Å². The van der Waals surface area contributed by atoms with Gasteiger partial charge in [0.05, 0.1) is 11.6 Å². The molecule has 7 heteroatoms. The zero-order valence-electron chi connectivity index (χ0n) is 15.3. The number of aromatic nitrogens is 2. The Morgan fingerprint density at radius 1 is 1.28 bits per heavy atom. The first-order valence-corrected chi connectivity index (χ1v) is 8.29. The molecule has 1 unspecified atom stereocenters. The molecule has 0 spiro atoms. The van der Waals surface area contributed by atoms with E-state index in [9.17, 15) is 9.18 Å². The highest BCUT2D eigenvalue weighted by Gasteiger charge is 2.21. The van der Waals surface area contributed by atoms with Crippen molar-refractivity contribution < 1.29 is 13.9 Å². The number of nitrogens with zero attached hydrogens (tertiary/aromatic N) is 2. The molecule has 6 nitrogen and oxygen atoms in total. The number of alkyl carbamates (subject to hydrolysis) is 1. The molecule has 1 atom stereocenters. The molecule has 1 heterocycles. The molecule has 1 amide bonds. The zero-order chi connectivity index (χ0) is 18.6. The minimum atomic E-state index is -0.556. The van der Waals surface area contributed by atoms with E-state index in [2.05, 4.69) is 20.6 Å². The van der Waals surface area contributed by atoms with Crippen molar-refractivity contribution in [3.8, 4) is 0 Å². The van der Waals surface area contributed by atoms with Crippen molar-refractivity contribution in [2.24, 2.45) is 5.92 Å². The summed E-state index contributed by atoms with van der Waals surface area (Å²) in [6, 6.07) is 4.19. The summed E-state index contributed by atoms with van der Waals surface area (Å²) in [5.74, 6) is 0.351. The highest BCUT2D eigenvalue weighted by atomic mass is 19.1. The van der Waals surface area contributed by atoms with Crippen LogP contribution in [0.5, 0.6) is 0 Å². The van der Waals surface area contributed by atoms with Gasteiger partial charge in [0.25, 0.3) is 0 Å². The summed E-state index contributed by atoms with van der Waals surface area (Å²) in [6.07, 6.45) is 0.959. The highest BCUT2D eigenvalue weighted by molar-refractivity contribution is 5.88. The summed E-state index contributed by atoms with van der Waals surface area (Å²) < 4.78 is 18.8. The van der Waals surface area contributed by atoms with Crippen molar-refractivity contribution in [2.75, 3.05) is 11.9 Å². The lowest BCUT2D eigenvalue weighted by Gasteiger charge is -2.26. The molecule has 0 aliphatic carbocycles. The fourth-order valence-electron chi connectivity index (χ4n) is 2.29. The van der Waals surface area contributed by atoms with Gasteiger partial charge in [0.2, 0.25) is 0 Å². The highest BCUT2D eigenvalue weighted by Crippen LogP contribution is 2.20. The summed E-state index contributed by atoms with van der Waals surface area (Å²) in [5, 5.41) is 6.64. The maximum absolute atomic E-state index is 13.5. The summed E-state index contributed by atoms with van der Waals surface area (Å²) in [7, 11) is 0. The van der Waals surface area contributed by atoms with E-state index in [1.807, 2.05) is 34.6 Å². The van der Waals surface area contributed by atoms with Crippen LogP contribution in [0.3, 0.4) is 0 Å². The Hall–Kier alpha value is -2.44. The summed E-state index contributed by atoms with van der Waals surface area (Å²) in [6.45, 7) is 9.88. The normalized spacial score (nSPS) is 12.9. The molecule has 2 aromatic rings. The average molecular weight is 348 g/mol. The topological polar surface area (TPSA) is 76.1 Å². The van der Waals surface area contributed by atoms with Crippen LogP contribution in [0.1, 0.15) is 34.6 Å². The van der Waals surface area contributed by atoms with Crippen LogP contribution in [0.15, 0.2) is 24.5 Å². The number of carbonyl (C=O) groups excluding carboxylic acids is 1. The maximum Gasteiger partial charge on any atom is 0.407 e. The monoisotopic (exact) mass is 348 g/mol. The molecular weight excluding hydrogens is 323 g/mol. The molecule has 0 saturated carbocycles. The van der Waals surface area contributed by atoms with Crippen LogP contribution in [0.2, 0.25) is 0 Å². The largest absolute Gasteiger partial charge is 0.444 e. The van der Waals surface area contributed by atoms with Gasteiger partial charge < -0.3 is 15.4 Å². The predicted octanol–water partition coefficient (Wildman–Crippen LogP) is 3.73. The Morgan fingerprint density at radius 2 is 2.00 bits per heavy atom. The number of halogens is 1. The van der Waals surface area contributed by atoms with Crippen molar-refractivity contribution in [1.82, 2.24) is 15.3 Å². The van der Waals surface area contributed by atoms with Gasteiger partial charge in [0.15, 0.2) is 0 Å². The van der Waals surface area contributed by atoms with Crippen molar-refractivity contribution in [3.63, 3.8) is 0 Å². The molecular formula is C18H25FN4O2. The van der Waals surface area contributed by atoms with E-state index < -0.39 is 11.7 Å². The number of nitrogens with one attached hydrogen (secondary N) is 2. The van der Waals surface area contributed by atoms with Crippen LogP contribution >= 0.6 is 0 Å². The molecule has 2 rings (SSSR count). The third-order valence-corrected chi connectivity index (χ3v) is 3.59. The summed E-state index contributed by atoms with van der Waals surface area (Å²) in [5.41, 5.74) is 0.0967. The second kappa shape index (κ2) is 7.63. The van der Waals surface area contributed by atoms with E-state index in [0.29, 0.717) is 23.3 Å². The van der Waals surface area contributed by atoms with Crippen LogP contribution in [0, 0.1) is 11.7 Å². The quantitative estimate of drug-likeness (QED) is 0.861. The Bertz CT molecular complexity index is 743. The Morgan fingerprint density at radius 3 is 2.64 bits per heavy atom. The molecule has 0 bridgehead atoms. The molecule has 1 aromatic carbocycles. The summed E-state index contributed by atoms with van der Waals surface area (Å²) >= 11 is 0. The first-order valence-electron chi connectivity index (χ1n) is 8.29. The van der Waals surface area contributed by atoms with E-state index in [-0.39, 0.29) is 17.8 Å². The van der Waals surface area contributed by atoms with Gasteiger partial charge in [-0.15, -0.1) is 0 Å². The molecule has 136 valence electrons. The van der Waals surface area contributed by atoms with Crippen LogP contribution in [-0.4, -0.2) is 34.2 Å². The third kappa shape index (κ3) is 5.55. The number of rotatable bonds is 5. The number of benzene rings is 1. The van der Waals surface area contributed by atoms with Crippen LogP contribution in [0.25, 0.3) is 10.9 Å². The van der Waals surface area contributed by atoms with Gasteiger partial charge >= 0.3 is 6.09 Å². The first-order chi connectivity index (χ1) is 11.7. The molecule has 0 fully saturated rings. The Balaban J connectivity index is 2.09. The lowest BCUT2D eigenvalue weighted by Crippen LogP contribution is -2.45. The van der Waals surface area contributed by atoms with Gasteiger partial charge in [-0.1, -0.05) is 13.8 Å². The molecule has 0 radical (unpaired) electrons. The molecule has 0 saturated heterocycles. The van der Waals surface area contributed by atoms with Crippen molar-refractivity contribution in [3.05, 3.63) is 30.3 Å². The van der Waals surface area contributed by atoms with Crippen LogP contribution in [0.4, 0.5) is 15.0 Å². The predicted molar refractivity (Wildman–Crippen MR) is 96.0 cm³/mol. The molecule has 25 heavy (non-hydrogen) atoms. The minimum Gasteiger partial charge on any atom is -0.444 e. The number of carbonyl (C=O) groups is 1. The SMILES string of the molecule is CC(C)C(CNc1ncnc2ccc(F)cc12)NC(=O)OC(C)(C)C. The van der Waals surface area contributed by atoms with E-state index >= 15 is 0 Å². The van der Waals surface area contributed by atoms with Gasteiger partial charge in [-0.3, -0.25) is 0 Å². The second-order valence-electron chi connectivity index (χ2n) is 7.26. The van der Waals surface area contributed by atoms with Crippen molar-refractivity contribution in [1.29, 1.82) is 0 Å². The van der Waals surface area contributed by atoms with Gasteiger partial charge in [0, 0.05) is 11.9 Å². The van der Waals surface area contributed by atoms with Gasteiger partial charge in [0.1, 0.15) is 23.6 Å². The fourth-order valence-corrected chi connectivity index (χ4v) is 2.29. The Labute approximate surface area is 147 Å². The molecule has 0 aliphatic rings. The number of amides is 1. The Kier molecular flexibility index (Phi) is 5.77. The third-order valence-electron chi connectivity index (χ3n) is 3.59. The minimum absolute atomic E-state index is 0.171. The van der Waals surface area contributed by atoms with Gasteiger partial charge in [-0.05, 0) is 44.9 Å². The van der Waals surface area contributed by atoms with Crippen molar-refractivity contribution in [2.45, 2.75) is 46.3 Å². The molecule has 2 N–H and O–H groups in total. The van der Waals surface area contributed by atoms with Crippen LogP contribution < -0.4 is 10.6 Å². The van der Waals surface area contributed by atoms with E-state index in [0.717, 1.165) is 0 Å². The van der Waals surface area contributed by atoms with E-state index in [1.165, 1.54) is 18.5 Å². The molecule has 1 aromatic heterocycles. The number of fused-ring (bicyclic) bond motifs is 1. The average Bonchev–Trinajstić information content (AvgIpc) is 2.49. The zero-order valence-corrected chi connectivity index (χ0v) is 15.3. The van der Waals surface area contributed by atoms with E-state index in [1.54, 1.807) is 6.07 Å². The number of hydrogen-bond acceptors (Lipinski definition) is 5. The second-order valence-corrected chi connectivity index (χ2v) is 7.26. The standard InChI is InChI=1S/C18H25FN4O2/c1-11(2)15(23-17(24)25-18(3,4)5)9-20-16-13-8-12(19)6-7-14(13)21-10-22-16/h6-8,10-11,15H,9H2,1-5H3,(H,23,24)(H,20,21,22). The molecule has 0 aliphatic heterocycles.